The first-order valence-electron chi connectivity index (χ1n) is 10.3. The van der Waals surface area contributed by atoms with Crippen molar-refractivity contribution in [2.45, 2.75) is 13.8 Å². The number of aryl methyl sites for hydroxylation is 1. The van der Waals surface area contributed by atoms with Gasteiger partial charge in [-0.15, -0.1) is 0 Å². The molecule has 0 radical (unpaired) electrons. The molecule has 4 aromatic rings. The molecule has 164 valence electrons. The Hall–Kier alpha value is -4.52. The maximum absolute atomic E-state index is 12.6. The number of amides is 1. The number of aromatic nitrogens is 2. The number of carbonyl (C=O) groups is 2. The highest BCUT2D eigenvalue weighted by Crippen LogP contribution is 2.24. The summed E-state index contributed by atoms with van der Waals surface area (Å²) in [6.45, 7) is 3.17. The fourth-order valence-electron chi connectivity index (χ4n) is 3.25. The molecule has 0 saturated heterocycles. The lowest BCUT2D eigenvalue weighted by atomic mass is 10.1. The van der Waals surface area contributed by atoms with Crippen LogP contribution in [0.25, 0.3) is 11.3 Å². The van der Waals surface area contributed by atoms with Crippen LogP contribution in [0.2, 0.25) is 0 Å². The Kier molecular flexibility index (Phi) is 6.40. The smallest absolute Gasteiger partial charge is 0.308 e. The molecule has 1 amide bonds. The van der Waals surface area contributed by atoms with Crippen molar-refractivity contribution in [1.29, 1.82) is 0 Å². The summed E-state index contributed by atoms with van der Waals surface area (Å²) in [5.41, 5.74) is 3.68. The number of esters is 1. The maximum atomic E-state index is 12.6. The van der Waals surface area contributed by atoms with Gasteiger partial charge in [0.1, 0.15) is 17.4 Å². The normalized spacial score (nSPS) is 10.4. The van der Waals surface area contributed by atoms with Crippen LogP contribution in [-0.4, -0.2) is 21.8 Å². The van der Waals surface area contributed by atoms with Crippen molar-refractivity contribution in [3.8, 4) is 17.0 Å². The van der Waals surface area contributed by atoms with Crippen LogP contribution >= 0.6 is 0 Å². The number of anilines is 3. The summed E-state index contributed by atoms with van der Waals surface area (Å²) < 4.78 is 5.00. The molecule has 0 aliphatic heterocycles. The molecule has 33 heavy (non-hydrogen) atoms. The summed E-state index contributed by atoms with van der Waals surface area (Å²) in [6.07, 6.45) is 0. The third-order valence-electron chi connectivity index (χ3n) is 4.68. The number of ether oxygens (including phenoxy) is 1. The van der Waals surface area contributed by atoms with Crippen molar-refractivity contribution in [3.05, 3.63) is 96.3 Å². The van der Waals surface area contributed by atoms with Crippen molar-refractivity contribution in [2.24, 2.45) is 0 Å². The summed E-state index contributed by atoms with van der Waals surface area (Å²) in [6, 6.07) is 25.5. The summed E-state index contributed by atoms with van der Waals surface area (Å²) in [5.74, 6) is 1.02. The van der Waals surface area contributed by atoms with Crippen molar-refractivity contribution >= 4 is 29.1 Å². The van der Waals surface area contributed by atoms with Crippen LogP contribution in [0.15, 0.2) is 84.9 Å². The van der Waals surface area contributed by atoms with Crippen LogP contribution in [0.4, 0.5) is 17.2 Å². The number of hydrogen-bond acceptors (Lipinski definition) is 6. The van der Waals surface area contributed by atoms with Gasteiger partial charge in [0.2, 0.25) is 0 Å². The molecule has 0 unspecified atom stereocenters. The van der Waals surface area contributed by atoms with E-state index >= 15 is 0 Å². The van der Waals surface area contributed by atoms with Crippen molar-refractivity contribution in [2.75, 3.05) is 10.6 Å². The van der Waals surface area contributed by atoms with Gasteiger partial charge in [-0.25, -0.2) is 9.97 Å². The lowest BCUT2D eigenvalue weighted by Crippen LogP contribution is -2.12. The number of rotatable bonds is 6. The van der Waals surface area contributed by atoms with Crippen LogP contribution in [0.3, 0.4) is 0 Å². The summed E-state index contributed by atoms with van der Waals surface area (Å²) in [7, 11) is 0. The second-order valence-electron chi connectivity index (χ2n) is 7.33. The van der Waals surface area contributed by atoms with E-state index in [4.69, 9.17) is 4.74 Å². The van der Waals surface area contributed by atoms with Crippen molar-refractivity contribution in [1.82, 2.24) is 9.97 Å². The number of nitrogens with zero attached hydrogens (tertiary/aromatic N) is 2. The van der Waals surface area contributed by atoms with Gasteiger partial charge in [-0.1, -0.05) is 36.4 Å². The highest BCUT2D eigenvalue weighted by molar-refractivity contribution is 6.04. The van der Waals surface area contributed by atoms with Gasteiger partial charge in [0.05, 0.1) is 5.69 Å². The first-order chi connectivity index (χ1) is 16.0. The second-order valence-corrected chi connectivity index (χ2v) is 7.33. The maximum Gasteiger partial charge on any atom is 0.308 e. The summed E-state index contributed by atoms with van der Waals surface area (Å²) in [4.78, 5) is 32.6. The Morgan fingerprint density at radius 1 is 0.818 bits per heavy atom. The van der Waals surface area contributed by atoms with Crippen LogP contribution in [-0.2, 0) is 4.79 Å². The lowest BCUT2D eigenvalue weighted by molar-refractivity contribution is -0.131. The van der Waals surface area contributed by atoms with Gasteiger partial charge in [0.25, 0.3) is 5.91 Å². The van der Waals surface area contributed by atoms with Crippen LogP contribution in [0, 0.1) is 6.92 Å². The van der Waals surface area contributed by atoms with Crippen LogP contribution in [0.1, 0.15) is 23.1 Å². The molecule has 0 aliphatic carbocycles. The van der Waals surface area contributed by atoms with Gasteiger partial charge in [0, 0.05) is 35.5 Å². The van der Waals surface area contributed by atoms with Crippen molar-refractivity contribution in [3.63, 3.8) is 0 Å². The molecule has 1 aromatic heterocycles. The lowest BCUT2D eigenvalue weighted by Gasteiger charge is -2.11. The molecule has 0 fully saturated rings. The van der Waals surface area contributed by atoms with E-state index in [1.165, 1.54) is 6.92 Å². The predicted molar refractivity (Wildman–Crippen MR) is 128 cm³/mol. The molecular formula is C26H22N4O3. The van der Waals surface area contributed by atoms with Crippen molar-refractivity contribution < 1.29 is 14.3 Å². The quantitative estimate of drug-likeness (QED) is 0.310. The number of benzene rings is 3. The number of hydrogen-bond donors (Lipinski definition) is 2. The van der Waals surface area contributed by atoms with Crippen LogP contribution < -0.4 is 15.4 Å². The molecule has 0 saturated carbocycles. The van der Waals surface area contributed by atoms with E-state index in [0.29, 0.717) is 28.6 Å². The number of nitrogens with one attached hydrogen (secondary N) is 2. The standard InChI is InChI=1S/C26H22N4O3/c1-17-27-24(19-7-4-3-5-8-19)16-25(28-17)29-21-9-6-10-22(15-21)30-26(32)20-11-13-23(14-12-20)33-18(2)31/h3-16H,1-2H3,(H,30,32)(H,27,28,29). The molecule has 0 spiro atoms. The minimum atomic E-state index is -0.411. The molecular weight excluding hydrogens is 416 g/mol. The number of carbonyl (C=O) groups excluding carboxylic acids is 2. The molecule has 7 nitrogen and oxygen atoms in total. The van der Waals surface area contributed by atoms with Gasteiger partial charge in [-0.2, -0.15) is 0 Å². The summed E-state index contributed by atoms with van der Waals surface area (Å²) in [5, 5.41) is 6.16. The second kappa shape index (κ2) is 9.74. The van der Waals surface area contributed by atoms with Gasteiger partial charge in [-0.3, -0.25) is 9.59 Å². The largest absolute Gasteiger partial charge is 0.427 e. The fraction of sp³-hybridized carbons (Fsp3) is 0.0769. The Bertz CT molecular complexity index is 1290. The topological polar surface area (TPSA) is 93.2 Å². The zero-order valence-electron chi connectivity index (χ0n) is 18.2. The third kappa shape index (κ3) is 5.80. The minimum Gasteiger partial charge on any atom is -0.427 e. The molecule has 0 atom stereocenters. The molecule has 2 N–H and O–H groups in total. The zero-order chi connectivity index (χ0) is 23.2. The molecule has 7 heteroatoms. The Morgan fingerprint density at radius 3 is 2.27 bits per heavy atom. The third-order valence-corrected chi connectivity index (χ3v) is 4.68. The first-order valence-corrected chi connectivity index (χ1v) is 10.3. The molecule has 3 aromatic carbocycles. The van der Waals surface area contributed by atoms with E-state index in [-0.39, 0.29) is 5.91 Å². The van der Waals surface area contributed by atoms with E-state index < -0.39 is 5.97 Å². The Balaban J connectivity index is 1.48. The SMILES string of the molecule is CC(=O)Oc1ccc(C(=O)Nc2cccc(Nc3cc(-c4ccccc4)nc(C)n3)c2)cc1. The monoisotopic (exact) mass is 438 g/mol. The van der Waals surface area contributed by atoms with Gasteiger partial charge in [-0.05, 0) is 49.4 Å². The van der Waals surface area contributed by atoms with E-state index in [2.05, 4.69) is 20.6 Å². The predicted octanol–water partition coefficient (Wildman–Crippen LogP) is 5.37. The average molecular weight is 438 g/mol. The highest BCUT2D eigenvalue weighted by Gasteiger charge is 2.09. The highest BCUT2D eigenvalue weighted by atomic mass is 16.5. The first kappa shape index (κ1) is 21.7. The van der Waals surface area contributed by atoms with E-state index in [0.717, 1.165) is 16.9 Å². The minimum absolute atomic E-state index is 0.272. The molecule has 0 aliphatic rings. The Labute approximate surface area is 191 Å². The van der Waals surface area contributed by atoms with Gasteiger partial charge >= 0.3 is 5.97 Å². The molecule has 1 heterocycles. The van der Waals surface area contributed by atoms with E-state index in [9.17, 15) is 9.59 Å². The zero-order valence-corrected chi connectivity index (χ0v) is 18.2. The molecule has 4 rings (SSSR count). The van der Waals surface area contributed by atoms with Crippen LogP contribution in [0.5, 0.6) is 5.75 Å². The Morgan fingerprint density at radius 2 is 1.55 bits per heavy atom. The average Bonchev–Trinajstić information content (AvgIpc) is 2.79. The van der Waals surface area contributed by atoms with E-state index in [1.807, 2.05) is 61.5 Å². The fourth-order valence-corrected chi connectivity index (χ4v) is 3.25. The summed E-state index contributed by atoms with van der Waals surface area (Å²) >= 11 is 0. The van der Waals surface area contributed by atoms with E-state index in [1.54, 1.807) is 30.3 Å². The van der Waals surface area contributed by atoms with Gasteiger partial charge < -0.3 is 15.4 Å². The van der Waals surface area contributed by atoms with Gasteiger partial charge in [0.15, 0.2) is 0 Å². The molecule has 0 bridgehead atoms.